The monoisotopic (exact) mass is 341 g/mol. The number of aliphatic carboxylic acids is 1. The van der Waals surface area contributed by atoms with Crippen molar-refractivity contribution in [3.63, 3.8) is 0 Å². The molecule has 1 aromatic rings. The van der Waals surface area contributed by atoms with Crippen LogP contribution in [-0.4, -0.2) is 32.6 Å². The standard InChI is InChI=1S/C16H23NO5S/c1-10-8-11(2)15(14(9-10)22-3)23(20,21)17-13-6-4-12(5-7-13)16(18)19/h8-9,12-13,17H,4-7H2,1-3H3,(H,18,19). The summed E-state index contributed by atoms with van der Waals surface area (Å²) in [5.74, 6) is -0.844. The Labute approximate surface area is 136 Å². The first-order valence-corrected chi connectivity index (χ1v) is 9.13. The third kappa shape index (κ3) is 4.03. The van der Waals surface area contributed by atoms with Gasteiger partial charge in [0.15, 0.2) is 0 Å². The summed E-state index contributed by atoms with van der Waals surface area (Å²) < 4.78 is 33.4. The van der Waals surface area contributed by atoms with E-state index in [1.807, 2.05) is 6.92 Å². The molecule has 0 atom stereocenters. The van der Waals surface area contributed by atoms with Crippen LogP contribution in [0.3, 0.4) is 0 Å². The molecule has 2 rings (SSSR count). The predicted molar refractivity (Wildman–Crippen MR) is 86.2 cm³/mol. The van der Waals surface area contributed by atoms with E-state index in [9.17, 15) is 13.2 Å². The van der Waals surface area contributed by atoms with E-state index >= 15 is 0 Å². The molecule has 1 aliphatic carbocycles. The number of carboxylic acid groups (broad SMARTS) is 1. The Morgan fingerprint density at radius 3 is 2.35 bits per heavy atom. The molecule has 1 aromatic carbocycles. The van der Waals surface area contributed by atoms with Crippen LogP contribution >= 0.6 is 0 Å². The number of methoxy groups -OCH3 is 1. The van der Waals surface area contributed by atoms with Gasteiger partial charge in [-0.2, -0.15) is 0 Å². The van der Waals surface area contributed by atoms with Crippen LogP contribution in [0.4, 0.5) is 0 Å². The average molecular weight is 341 g/mol. The number of sulfonamides is 1. The number of carbonyl (C=O) groups is 1. The van der Waals surface area contributed by atoms with Crippen molar-refractivity contribution in [2.24, 2.45) is 5.92 Å². The Bertz CT molecular complexity index is 691. The van der Waals surface area contributed by atoms with Crippen molar-refractivity contribution in [2.75, 3.05) is 7.11 Å². The van der Waals surface area contributed by atoms with Crippen molar-refractivity contribution in [3.05, 3.63) is 23.3 Å². The van der Waals surface area contributed by atoms with Gasteiger partial charge in [0.05, 0.1) is 13.0 Å². The second-order valence-corrected chi connectivity index (χ2v) is 7.77. The van der Waals surface area contributed by atoms with Crippen LogP contribution in [0.5, 0.6) is 5.75 Å². The largest absolute Gasteiger partial charge is 0.495 e. The number of benzene rings is 1. The van der Waals surface area contributed by atoms with Gasteiger partial charge in [-0.25, -0.2) is 13.1 Å². The topological polar surface area (TPSA) is 92.7 Å². The third-order valence-corrected chi connectivity index (χ3v) is 5.98. The van der Waals surface area contributed by atoms with Crippen molar-refractivity contribution in [1.29, 1.82) is 0 Å². The number of carboxylic acids is 1. The molecular formula is C16H23NO5S. The van der Waals surface area contributed by atoms with Gasteiger partial charge in [0.1, 0.15) is 10.6 Å². The van der Waals surface area contributed by atoms with E-state index < -0.39 is 16.0 Å². The highest BCUT2D eigenvalue weighted by atomic mass is 32.2. The summed E-state index contributed by atoms with van der Waals surface area (Å²) in [5, 5.41) is 9.01. The maximum absolute atomic E-state index is 12.7. The number of hydrogen-bond donors (Lipinski definition) is 2. The van der Waals surface area contributed by atoms with Crippen molar-refractivity contribution >= 4 is 16.0 Å². The number of hydrogen-bond acceptors (Lipinski definition) is 4. The predicted octanol–water partition coefficient (Wildman–Crippen LogP) is 2.23. The Hall–Kier alpha value is -1.60. The van der Waals surface area contributed by atoms with E-state index in [0.717, 1.165) is 5.56 Å². The Kier molecular flexibility index (Phi) is 5.31. The molecule has 23 heavy (non-hydrogen) atoms. The summed E-state index contributed by atoms with van der Waals surface area (Å²) in [6.45, 7) is 3.62. The number of nitrogens with one attached hydrogen (secondary N) is 1. The lowest BCUT2D eigenvalue weighted by molar-refractivity contribution is -0.142. The molecule has 0 unspecified atom stereocenters. The molecule has 6 nitrogen and oxygen atoms in total. The summed E-state index contributed by atoms with van der Waals surface area (Å²) in [5.41, 5.74) is 1.56. The summed E-state index contributed by atoms with van der Waals surface area (Å²) >= 11 is 0. The van der Waals surface area contributed by atoms with Crippen molar-refractivity contribution < 1.29 is 23.1 Å². The molecule has 1 aliphatic rings. The van der Waals surface area contributed by atoms with Crippen LogP contribution < -0.4 is 9.46 Å². The first kappa shape index (κ1) is 17.7. The SMILES string of the molecule is COc1cc(C)cc(C)c1S(=O)(=O)NC1CCC(C(=O)O)CC1. The molecule has 7 heteroatoms. The summed E-state index contributed by atoms with van der Waals surface area (Å²) in [4.78, 5) is 11.1. The first-order chi connectivity index (χ1) is 10.7. The van der Waals surface area contributed by atoms with E-state index in [4.69, 9.17) is 9.84 Å². The van der Waals surface area contributed by atoms with Gasteiger partial charge in [-0.15, -0.1) is 0 Å². The van der Waals surface area contributed by atoms with E-state index in [1.165, 1.54) is 7.11 Å². The smallest absolute Gasteiger partial charge is 0.306 e. The normalized spacial score (nSPS) is 21.9. The highest BCUT2D eigenvalue weighted by molar-refractivity contribution is 7.89. The Balaban J connectivity index is 2.19. The molecule has 1 saturated carbocycles. The number of rotatable bonds is 5. The molecule has 0 bridgehead atoms. The molecule has 0 heterocycles. The molecule has 1 fully saturated rings. The van der Waals surface area contributed by atoms with Crippen LogP contribution in [0.25, 0.3) is 0 Å². The molecule has 0 aliphatic heterocycles. The zero-order valence-corrected chi connectivity index (χ0v) is 14.4. The van der Waals surface area contributed by atoms with E-state index in [0.29, 0.717) is 37.0 Å². The molecule has 0 radical (unpaired) electrons. The van der Waals surface area contributed by atoms with Gasteiger partial charge in [0.2, 0.25) is 10.0 Å². The molecule has 0 amide bonds. The highest BCUT2D eigenvalue weighted by Crippen LogP contribution is 2.31. The maximum atomic E-state index is 12.7. The lowest BCUT2D eigenvalue weighted by Crippen LogP contribution is -2.39. The fourth-order valence-electron chi connectivity index (χ4n) is 3.15. The number of ether oxygens (including phenoxy) is 1. The fourth-order valence-corrected chi connectivity index (χ4v) is 4.83. The van der Waals surface area contributed by atoms with Gasteiger partial charge in [0.25, 0.3) is 0 Å². The molecule has 0 spiro atoms. The van der Waals surface area contributed by atoms with Crippen LogP contribution in [0.2, 0.25) is 0 Å². The second kappa shape index (κ2) is 6.88. The van der Waals surface area contributed by atoms with Gasteiger partial charge in [-0.3, -0.25) is 4.79 Å². The zero-order valence-electron chi connectivity index (χ0n) is 13.6. The molecule has 0 aromatic heterocycles. The van der Waals surface area contributed by atoms with Gasteiger partial charge >= 0.3 is 5.97 Å². The molecule has 2 N–H and O–H groups in total. The highest BCUT2D eigenvalue weighted by Gasteiger charge is 2.30. The average Bonchev–Trinajstić information content (AvgIpc) is 2.45. The van der Waals surface area contributed by atoms with Crippen LogP contribution in [0.15, 0.2) is 17.0 Å². The molecule has 128 valence electrons. The summed E-state index contributed by atoms with van der Waals surface area (Å²) in [6.07, 6.45) is 2.05. The maximum Gasteiger partial charge on any atom is 0.306 e. The lowest BCUT2D eigenvalue weighted by atomic mass is 9.87. The minimum Gasteiger partial charge on any atom is -0.495 e. The quantitative estimate of drug-likeness (QED) is 0.857. The van der Waals surface area contributed by atoms with Crippen molar-refractivity contribution in [1.82, 2.24) is 4.72 Å². The molecular weight excluding hydrogens is 318 g/mol. The second-order valence-electron chi connectivity index (χ2n) is 6.12. The summed E-state index contributed by atoms with van der Waals surface area (Å²) in [7, 11) is -2.26. The van der Waals surface area contributed by atoms with Crippen LogP contribution in [-0.2, 0) is 14.8 Å². The Morgan fingerprint density at radius 1 is 1.22 bits per heavy atom. The summed E-state index contributed by atoms with van der Waals surface area (Å²) in [6, 6.07) is 3.27. The van der Waals surface area contributed by atoms with E-state index in [1.54, 1.807) is 19.1 Å². The fraction of sp³-hybridized carbons (Fsp3) is 0.562. The van der Waals surface area contributed by atoms with Gasteiger partial charge in [0, 0.05) is 6.04 Å². The number of aryl methyl sites for hydroxylation is 2. The van der Waals surface area contributed by atoms with Crippen LogP contribution in [0, 0.1) is 19.8 Å². The van der Waals surface area contributed by atoms with Gasteiger partial charge < -0.3 is 9.84 Å². The lowest BCUT2D eigenvalue weighted by Gasteiger charge is -2.27. The first-order valence-electron chi connectivity index (χ1n) is 7.65. The minimum atomic E-state index is -3.71. The third-order valence-electron chi connectivity index (χ3n) is 4.27. The van der Waals surface area contributed by atoms with Crippen molar-refractivity contribution in [3.8, 4) is 5.75 Å². The van der Waals surface area contributed by atoms with Crippen molar-refractivity contribution in [2.45, 2.75) is 50.5 Å². The zero-order chi connectivity index (χ0) is 17.2. The van der Waals surface area contributed by atoms with E-state index in [2.05, 4.69) is 4.72 Å². The van der Waals surface area contributed by atoms with Crippen LogP contribution in [0.1, 0.15) is 36.8 Å². The Morgan fingerprint density at radius 2 is 1.83 bits per heavy atom. The van der Waals surface area contributed by atoms with Gasteiger partial charge in [-0.05, 0) is 56.7 Å². The van der Waals surface area contributed by atoms with E-state index in [-0.39, 0.29) is 16.9 Å². The minimum absolute atomic E-state index is 0.158. The van der Waals surface area contributed by atoms with Gasteiger partial charge in [-0.1, -0.05) is 6.07 Å². The molecule has 0 saturated heterocycles.